The van der Waals surface area contributed by atoms with E-state index in [9.17, 15) is 21.6 Å². The fraction of sp³-hybridized carbons (Fsp3) is 0.714. The van der Waals surface area contributed by atoms with E-state index in [0.717, 1.165) is 0 Å². The summed E-state index contributed by atoms with van der Waals surface area (Å²) in [6, 6.07) is 0. The number of nitrogens with zero attached hydrogens (tertiary/aromatic N) is 2. The van der Waals surface area contributed by atoms with Crippen molar-refractivity contribution in [3.05, 3.63) is 12.4 Å². The molecule has 0 radical (unpaired) electrons. The Balaban J connectivity index is 2.82. The third-order valence-corrected chi connectivity index (χ3v) is 2.98. The molecule has 1 rings (SSSR count). The summed E-state index contributed by atoms with van der Waals surface area (Å²) in [5.74, 6) is 0. The van der Waals surface area contributed by atoms with Gasteiger partial charge in [-0.1, -0.05) is 0 Å². The topological polar surface area (TPSA) is 49.9 Å². The van der Waals surface area contributed by atoms with Crippen LogP contribution in [0.3, 0.4) is 0 Å². The van der Waals surface area contributed by atoms with Crippen molar-refractivity contribution in [1.29, 1.82) is 0 Å². The monoisotopic (exact) mass is 260 g/mol. The molecule has 0 aliphatic carbocycles. The Labute approximate surface area is 91.2 Å². The quantitative estimate of drug-likeness (QED) is 0.557. The zero-order valence-corrected chi connectivity index (χ0v) is 9.42. The molecule has 0 aromatic heterocycles. The van der Waals surface area contributed by atoms with Crippen LogP contribution in [0.25, 0.3) is 0 Å². The molecule has 0 amide bonds. The van der Waals surface area contributed by atoms with E-state index < -0.39 is 22.0 Å². The molecule has 1 unspecified atom stereocenters. The Morgan fingerprint density at radius 3 is 2.38 bits per heavy atom. The predicted molar refractivity (Wildman–Crippen MR) is 49.1 cm³/mol. The van der Waals surface area contributed by atoms with Crippen molar-refractivity contribution in [2.75, 3.05) is 13.6 Å². The lowest BCUT2D eigenvalue weighted by molar-refractivity contribution is -0.0762. The van der Waals surface area contributed by atoms with Gasteiger partial charge in [-0.2, -0.15) is 21.6 Å². The molecule has 1 atom stereocenters. The molecule has 1 aliphatic rings. The number of hydrogen-bond donors (Lipinski definition) is 0. The lowest BCUT2D eigenvalue weighted by atomic mass is 10.6. The molecule has 1 heterocycles. The predicted octanol–water partition coefficient (Wildman–Crippen LogP) is 0.875. The first-order valence-corrected chi connectivity index (χ1v) is 5.75. The molecule has 0 bridgehead atoms. The van der Waals surface area contributed by atoms with Crippen LogP contribution in [-0.2, 0) is 14.3 Å². The highest BCUT2D eigenvalue weighted by Gasteiger charge is 2.50. The second kappa shape index (κ2) is 4.13. The lowest BCUT2D eigenvalue weighted by Gasteiger charge is -2.28. The number of rotatable bonds is 3. The molecule has 1 aliphatic heterocycles. The molecule has 0 aromatic rings. The van der Waals surface area contributed by atoms with E-state index >= 15 is 0 Å². The van der Waals surface area contributed by atoms with E-state index in [1.54, 1.807) is 6.92 Å². The van der Waals surface area contributed by atoms with Gasteiger partial charge in [0.05, 0.1) is 0 Å². The molecule has 5 nitrogen and oxygen atoms in total. The summed E-state index contributed by atoms with van der Waals surface area (Å²) in [6.07, 6.45) is 1.60. The van der Waals surface area contributed by atoms with Crippen LogP contribution in [0.2, 0.25) is 0 Å². The van der Waals surface area contributed by atoms with E-state index in [-0.39, 0.29) is 0 Å². The minimum absolute atomic E-state index is 0.332. The first-order valence-electron chi connectivity index (χ1n) is 4.34. The summed E-state index contributed by atoms with van der Waals surface area (Å²) in [7, 11) is -4.16. The molecule has 0 saturated heterocycles. The first-order chi connectivity index (χ1) is 7.19. The van der Waals surface area contributed by atoms with Gasteiger partial charge in [-0.05, 0) is 6.92 Å². The second-order valence-corrected chi connectivity index (χ2v) is 4.68. The summed E-state index contributed by atoms with van der Waals surface area (Å²) >= 11 is 0. The number of hydrogen-bond acceptors (Lipinski definition) is 5. The van der Waals surface area contributed by atoms with Crippen molar-refractivity contribution >= 4 is 10.1 Å². The Bertz CT molecular complexity index is 379. The summed E-state index contributed by atoms with van der Waals surface area (Å²) in [5, 5.41) is 0. The van der Waals surface area contributed by atoms with Gasteiger partial charge in [-0.25, -0.2) is 4.18 Å². The van der Waals surface area contributed by atoms with Crippen molar-refractivity contribution in [2.45, 2.75) is 18.8 Å². The van der Waals surface area contributed by atoms with Crippen molar-refractivity contribution in [3.8, 4) is 0 Å². The summed E-state index contributed by atoms with van der Waals surface area (Å²) in [5.41, 5.74) is -5.41. The molecule has 0 spiro atoms. The SMILES string of the molecule is CCN1C=CN(C)C1OS(=O)(=O)C(F)(F)F. The van der Waals surface area contributed by atoms with Gasteiger partial charge >= 0.3 is 15.6 Å². The summed E-state index contributed by atoms with van der Waals surface area (Å²) in [4.78, 5) is 2.55. The minimum atomic E-state index is -5.58. The van der Waals surface area contributed by atoms with Crippen LogP contribution in [0.4, 0.5) is 13.2 Å². The summed E-state index contributed by atoms with van der Waals surface area (Å²) < 4.78 is 61.9. The minimum Gasteiger partial charge on any atom is -0.336 e. The van der Waals surface area contributed by atoms with E-state index in [0.29, 0.717) is 6.54 Å². The average Bonchev–Trinajstić information content (AvgIpc) is 2.45. The van der Waals surface area contributed by atoms with Gasteiger partial charge < -0.3 is 9.80 Å². The molecule has 9 heteroatoms. The zero-order valence-electron chi connectivity index (χ0n) is 8.60. The van der Waals surface area contributed by atoms with Crippen molar-refractivity contribution in [3.63, 3.8) is 0 Å². The molecule has 0 N–H and O–H groups in total. The third kappa shape index (κ3) is 2.40. The standard InChI is InChI=1S/C7H11F3N2O3S/c1-3-12-5-4-11(2)6(12)15-16(13,14)7(8,9)10/h4-6H,3H2,1-2H3. The maximum absolute atomic E-state index is 12.1. The van der Waals surface area contributed by atoms with E-state index in [1.807, 2.05) is 0 Å². The average molecular weight is 260 g/mol. The molecule has 94 valence electrons. The Morgan fingerprint density at radius 2 is 1.94 bits per heavy atom. The van der Waals surface area contributed by atoms with Gasteiger partial charge in [0.25, 0.3) is 0 Å². The number of alkyl halides is 3. The maximum Gasteiger partial charge on any atom is 0.523 e. The van der Waals surface area contributed by atoms with Crippen LogP contribution in [0.1, 0.15) is 6.92 Å². The Morgan fingerprint density at radius 1 is 1.38 bits per heavy atom. The highest BCUT2D eigenvalue weighted by Crippen LogP contribution is 2.28. The molecule has 16 heavy (non-hydrogen) atoms. The van der Waals surface area contributed by atoms with Crippen LogP contribution >= 0.6 is 0 Å². The van der Waals surface area contributed by atoms with Gasteiger partial charge in [0.1, 0.15) is 0 Å². The zero-order chi connectivity index (χ0) is 12.6. The van der Waals surface area contributed by atoms with Gasteiger partial charge in [-0.15, -0.1) is 0 Å². The highest BCUT2D eigenvalue weighted by atomic mass is 32.2. The van der Waals surface area contributed by atoms with Gasteiger partial charge in [0.15, 0.2) is 0 Å². The lowest BCUT2D eigenvalue weighted by Crippen LogP contribution is -2.43. The normalized spacial score (nSPS) is 21.9. The van der Waals surface area contributed by atoms with E-state index in [2.05, 4.69) is 4.18 Å². The van der Waals surface area contributed by atoms with Gasteiger partial charge in [0, 0.05) is 26.0 Å². The Hall–Kier alpha value is -0.960. The molecule has 0 aromatic carbocycles. The van der Waals surface area contributed by atoms with Crippen LogP contribution in [-0.4, -0.2) is 43.7 Å². The van der Waals surface area contributed by atoms with Crippen LogP contribution in [0, 0.1) is 0 Å². The Kier molecular flexibility index (Phi) is 3.38. The van der Waals surface area contributed by atoms with Gasteiger partial charge in [-0.3, -0.25) is 0 Å². The van der Waals surface area contributed by atoms with Crippen molar-refractivity contribution in [1.82, 2.24) is 9.80 Å². The smallest absolute Gasteiger partial charge is 0.336 e. The van der Waals surface area contributed by atoms with Crippen LogP contribution in [0.5, 0.6) is 0 Å². The van der Waals surface area contributed by atoms with Crippen molar-refractivity contribution in [2.24, 2.45) is 0 Å². The van der Waals surface area contributed by atoms with Crippen LogP contribution < -0.4 is 0 Å². The third-order valence-electron chi connectivity index (χ3n) is 1.99. The van der Waals surface area contributed by atoms with Gasteiger partial charge in [0.2, 0.25) is 6.35 Å². The fourth-order valence-electron chi connectivity index (χ4n) is 1.12. The molecule has 0 saturated carbocycles. The highest BCUT2D eigenvalue weighted by molar-refractivity contribution is 7.87. The summed E-state index contributed by atoms with van der Waals surface area (Å²) in [6.45, 7) is 2.00. The molecular weight excluding hydrogens is 249 g/mol. The fourth-order valence-corrected chi connectivity index (χ4v) is 1.71. The molecular formula is C7H11F3N2O3S. The molecule has 0 fully saturated rings. The van der Waals surface area contributed by atoms with E-state index in [1.165, 1.54) is 29.2 Å². The second-order valence-electron chi connectivity index (χ2n) is 3.12. The largest absolute Gasteiger partial charge is 0.523 e. The first kappa shape index (κ1) is 13.1. The maximum atomic E-state index is 12.1. The van der Waals surface area contributed by atoms with Crippen molar-refractivity contribution < 1.29 is 25.8 Å². The van der Waals surface area contributed by atoms with E-state index in [4.69, 9.17) is 0 Å². The number of halogens is 3. The van der Waals surface area contributed by atoms with Crippen LogP contribution in [0.15, 0.2) is 12.4 Å².